The summed E-state index contributed by atoms with van der Waals surface area (Å²) in [5.41, 5.74) is 3.40. The SMILES string of the molecule is O=CCCn1c2c(c3ccccc31)CC(NS(=O)(=O)c1ccc(F)cc1)CC2. The molecule has 0 bridgehead atoms. The summed E-state index contributed by atoms with van der Waals surface area (Å²) < 4.78 is 43.4. The first kappa shape index (κ1) is 18.8. The van der Waals surface area contributed by atoms with Gasteiger partial charge in [-0.1, -0.05) is 18.2 Å². The van der Waals surface area contributed by atoms with Crippen LogP contribution in [0.2, 0.25) is 0 Å². The average Bonchev–Trinajstić information content (AvgIpc) is 2.99. The van der Waals surface area contributed by atoms with Crippen LogP contribution in [0, 0.1) is 5.82 Å². The van der Waals surface area contributed by atoms with Crippen LogP contribution in [0.3, 0.4) is 0 Å². The predicted molar refractivity (Wildman–Crippen MR) is 105 cm³/mol. The summed E-state index contributed by atoms with van der Waals surface area (Å²) in [4.78, 5) is 10.9. The lowest BCUT2D eigenvalue weighted by Crippen LogP contribution is -2.39. The van der Waals surface area contributed by atoms with Crippen LogP contribution in [0.5, 0.6) is 0 Å². The molecule has 3 aromatic rings. The lowest BCUT2D eigenvalue weighted by molar-refractivity contribution is -0.108. The Bertz CT molecular complexity index is 1120. The minimum atomic E-state index is -3.71. The van der Waals surface area contributed by atoms with Crippen molar-refractivity contribution in [1.29, 1.82) is 0 Å². The molecule has 0 amide bonds. The molecule has 0 saturated heterocycles. The number of aryl methyl sites for hydroxylation is 1. The summed E-state index contributed by atoms with van der Waals surface area (Å²) in [6.45, 7) is 0.630. The van der Waals surface area contributed by atoms with Gasteiger partial charge in [0.1, 0.15) is 12.1 Å². The zero-order chi connectivity index (χ0) is 19.7. The fraction of sp³-hybridized carbons (Fsp3) is 0.286. The van der Waals surface area contributed by atoms with E-state index < -0.39 is 15.8 Å². The van der Waals surface area contributed by atoms with Crippen molar-refractivity contribution < 1.29 is 17.6 Å². The van der Waals surface area contributed by atoms with Crippen molar-refractivity contribution in [3.8, 4) is 0 Å². The van der Waals surface area contributed by atoms with E-state index in [2.05, 4.69) is 9.29 Å². The van der Waals surface area contributed by atoms with E-state index in [1.165, 1.54) is 17.8 Å². The zero-order valence-electron chi connectivity index (χ0n) is 15.3. The van der Waals surface area contributed by atoms with E-state index in [9.17, 15) is 17.6 Å². The molecular weight excluding hydrogens is 379 g/mol. The molecule has 5 nitrogen and oxygen atoms in total. The summed E-state index contributed by atoms with van der Waals surface area (Å²) in [5.74, 6) is -0.468. The second kappa shape index (κ2) is 7.48. The van der Waals surface area contributed by atoms with Crippen LogP contribution in [0.25, 0.3) is 10.9 Å². The van der Waals surface area contributed by atoms with Gasteiger partial charge >= 0.3 is 0 Å². The van der Waals surface area contributed by atoms with E-state index in [0.717, 1.165) is 41.3 Å². The highest BCUT2D eigenvalue weighted by Gasteiger charge is 2.28. The molecule has 0 aliphatic heterocycles. The number of aromatic nitrogens is 1. The highest BCUT2D eigenvalue weighted by atomic mass is 32.2. The number of hydrogen-bond donors (Lipinski definition) is 1. The standard InChI is InChI=1S/C21H21FN2O3S/c22-15-6-9-17(10-7-15)28(26,27)23-16-8-11-21-19(14-16)18-4-1-2-5-20(18)24(21)12-3-13-25/h1-2,4-7,9-10,13,16,23H,3,8,11-12,14H2. The van der Waals surface area contributed by atoms with Crippen LogP contribution in [-0.4, -0.2) is 25.3 Å². The Labute approximate surface area is 163 Å². The van der Waals surface area contributed by atoms with Crippen LogP contribution in [-0.2, 0) is 34.2 Å². The molecule has 7 heteroatoms. The van der Waals surface area contributed by atoms with Gasteiger partial charge in [-0.3, -0.25) is 0 Å². The molecule has 4 rings (SSSR count). The molecule has 1 N–H and O–H groups in total. The lowest BCUT2D eigenvalue weighted by atomic mass is 9.92. The Balaban J connectivity index is 1.63. The van der Waals surface area contributed by atoms with Gasteiger partial charge < -0.3 is 9.36 Å². The van der Waals surface area contributed by atoms with Gasteiger partial charge in [0.2, 0.25) is 10.0 Å². The minimum Gasteiger partial charge on any atom is -0.344 e. The van der Waals surface area contributed by atoms with E-state index in [1.807, 2.05) is 24.3 Å². The van der Waals surface area contributed by atoms with Gasteiger partial charge in [0.15, 0.2) is 0 Å². The number of benzene rings is 2. The minimum absolute atomic E-state index is 0.0631. The first-order valence-electron chi connectivity index (χ1n) is 9.30. The molecule has 0 fully saturated rings. The number of aldehydes is 1. The van der Waals surface area contributed by atoms with Gasteiger partial charge in [-0.25, -0.2) is 17.5 Å². The number of carbonyl (C=O) groups is 1. The summed E-state index contributed by atoms with van der Waals surface area (Å²) in [6.07, 6.45) is 3.37. The van der Waals surface area contributed by atoms with Gasteiger partial charge in [-0.05, 0) is 55.2 Å². The average molecular weight is 400 g/mol. The van der Waals surface area contributed by atoms with Crippen molar-refractivity contribution in [2.45, 2.75) is 43.2 Å². The van der Waals surface area contributed by atoms with E-state index in [1.54, 1.807) is 0 Å². The van der Waals surface area contributed by atoms with Crippen molar-refractivity contribution in [1.82, 2.24) is 9.29 Å². The van der Waals surface area contributed by atoms with E-state index in [4.69, 9.17) is 0 Å². The second-order valence-electron chi connectivity index (χ2n) is 7.06. The lowest BCUT2D eigenvalue weighted by Gasteiger charge is -2.25. The Morgan fingerprint density at radius 1 is 1.14 bits per heavy atom. The number of rotatable bonds is 6. The zero-order valence-corrected chi connectivity index (χ0v) is 16.1. The smallest absolute Gasteiger partial charge is 0.240 e. The van der Waals surface area contributed by atoms with Gasteiger partial charge in [-0.15, -0.1) is 0 Å². The number of sulfonamides is 1. The number of carbonyl (C=O) groups excluding carboxylic acids is 1. The quantitative estimate of drug-likeness (QED) is 0.646. The van der Waals surface area contributed by atoms with E-state index in [-0.39, 0.29) is 10.9 Å². The third-order valence-corrected chi connectivity index (χ3v) is 6.83. The molecule has 0 saturated carbocycles. The Hall–Kier alpha value is -2.51. The Morgan fingerprint density at radius 2 is 1.89 bits per heavy atom. The van der Waals surface area contributed by atoms with Gasteiger partial charge in [0.05, 0.1) is 4.90 Å². The molecule has 1 aliphatic rings. The monoisotopic (exact) mass is 400 g/mol. The topological polar surface area (TPSA) is 68.2 Å². The van der Waals surface area contributed by atoms with Gasteiger partial charge in [0, 0.05) is 35.6 Å². The van der Waals surface area contributed by atoms with Crippen LogP contribution < -0.4 is 4.72 Å². The number of fused-ring (bicyclic) bond motifs is 3. The van der Waals surface area contributed by atoms with E-state index >= 15 is 0 Å². The molecule has 1 heterocycles. The highest BCUT2D eigenvalue weighted by Crippen LogP contribution is 2.33. The molecule has 1 aliphatic carbocycles. The number of nitrogens with zero attached hydrogens (tertiary/aromatic N) is 1. The molecule has 0 radical (unpaired) electrons. The normalized spacial score (nSPS) is 16.8. The van der Waals surface area contributed by atoms with Gasteiger partial charge in [-0.2, -0.15) is 0 Å². The van der Waals surface area contributed by atoms with Crippen LogP contribution in [0.4, 0.5) is 4.39 Å². The molecule has 28 heavy (non-hydrogen) atoms. The van der Waals surface area contributed by atoms with E-state index in [0.29, 0.717) is 25.8 Å². The molecule has 2 aromatic carbocycles. The maximum atomic E-state index is 13.1. The van der Waals surface area contributed by atoms with Crippen LogP contribution in [0.15, 0.2) is 53.4 Å². The third-order valence-electron chi connectivity index (χ3n) is 5.29. The highest BCUT2D eigenvalue weighted by molar-refractivity contribution is 7.89. The molecule has 1 unspecified atom stereocenters. The van der Waals surface area contributed by atoms with Crippen molar-refractivity contribution in [3.63, 3.8) is 0 Å². The fourth-order valence-electron chi connectivity index (χ4n) is 4.04. The summed E-state index contributed by atoms with van der Waals surface area (Å²) >= 11 is 0. The second-order valence-corrected chi connectivity index (χ2v) is 8.78. The number of hydrogen-bond acceptors (Lipinski definition) is 3. The van der Waals surface area contributed by atoms with Crippen LogP contribution >= 0.6 is 0 Å². The third kappa shape index (κ3) is 3.47. The summed E-state index contributed by atoms with van der Waals surface area (Å²) in [7, 11) is -3.71. The number of para-hydroxylation sites is 1. The van der Waals surface area contributed by atoms with Crippen molar-refractivity contribution in [2.24, 2.45) is 0 Å². The first-order chi connectivity index (χ1) is 13.5. The Morgan fingerprint density at radius 3 is 2.64 bits per heavy atom. The Kier molecular flexibility index (Phi) is 5.03. The predicted octanol–water partition coefficient (Wildman–Crippen LogP) is 3.21. The number of nitrogens with one attached hydrogen (secondary N) is 1. The summed E-state index contributed by atoms with van der Waals surface area (Å²) in [5, 5.41) is 1.11. The van der Waals surface area contributed by atoms with Crippen molar-refractivity contribution in [2.75, 3.05) is 0 Å². The fourth-order valence-corrected chi connectivity index (χ4v) is 5.31. The molecule has 146 valence electrons. The molecule has 1 aromatic heterocycles. The van der Waals surface area contributed by atoms with Crippen LogP contribution in [0.1, 0.15) is 24.1 Å². The molecular formula is C21H21FN2O3S. The maximum Gasteiger partial charge on any atom is 0.240 e. The molecule has 1 atom stereocenters. The van der Waals surface area contributed by atoms with Gasteiger partial charge in [0.25, 0.3) is 0 Å². The summed E-state index contributed by atoms with van der Waals surface area (Å²) in [6, 6.07) is 12.6. The maximum absolute atomic E-state index is 13.1. The first-order valence-corrected chi connectivity index (χ1v) is 10.8. The van der Waals surface area contributed by atoms with Crippen molar-refractivity contribution in [3.05, 3.63) is 65.6 Å². The van der Waals surface area contributed by atoms with Crippen molar-refractivity contribution >= 4 is 27.2 Å². The largest absolute Gasteiger partial charge is 0.344 e. The number of halogens is 1. The molecule has 0 spiro atoms.